The fourth-order valence-electron chi connectivity index (χ4n) is 1.52. The molecule has 0 N–H and O–H groups in total. The van der Waals surface area contributed by atoms with Crippen LogP contribution in [0.3, 0.4) is 0 Å². The standard InChI is InChI=1S/C13H9ClN2O2S/c14-9-4-1-2-5-10(9)17-8-12-15-13(16-18-12)11-6-3-7-19-11/h1-7H,8H2. The highest BCUT2D eigenvalue weighted by Crippen LogP contribution is 2.25. The third-order valence-corrected chi connectivity index (χ3v) is 3.58. The summed E-state index contributed by atoms with van der Waals surface area (Å²) in [5.74, 6) is 1.59. The van der Waals surface area contributed by atoms with Gasteiger partial charge in [-0.2, -0.15) is 4.98 Å². The van der Waals surface area contributed by atoms with E-state index < -0.39 is 0 Å². The van der Waals surface area contributed by atoms with Crippen LogP contribution in [-0.4, -0.2) is 10.1 Å². The van der Waals surface area contributed by atoms with Gasteiger partial charge in [0.05, 0.1) is 9.90 Å². The number of thiophene rings is 1. The monoisotopic (exact) mass is 292 g/mol. The molecule has 19 heavy (non-hydrogen) atoms. The largest absolute Gasteiger partial charge is 0.482 e. The molecule has 0 aliphatic carbocycles. The molecule has 0 unspecified atom stereocenters. The van der Waals surface area contributed by atoms with Crippen LogP contribution in [0.1, 0.15) is 5.89 Å². The molecule has 0 saturated carbocycles. The van der Waals surface area contributed by atoms with Crippen LogP contribution >= 0.6 is 22.9 Å². The molecule has 2 aromatic heterocycles. The molecule has 0 radical (unpaired) electrons. The number of aromatic nitrogens is 2. The number of para-hydroxylation sites is 1. The zero-order chi connectivity index (χ0) is 13.1. The van der Waals surface area contributed by atoms with Crippen molar-refractivity contribution in [1.29, 1.82) is 0 Å². The first-order valence-corrected chi connectivity index (χ1v) is 6.82. The predicted molar refractivity (Wildman–Crippen MR) is 73.4 cm³/mol. The summed E-state index contributed by atoms with van der Waals surface area (Å²) in [7, 11) is 0. The van der Waals surface area contributed by atoms with Gasteiger partial charge in [-0.3, -0.25) is 0 Å². The lowest BCUT2D eigenvalue weighted by Gasteiger charge is -2.03. The van der Waals surface area contributed by atoms with Gasteiger partial charge in [-0.25, -0.2) is 0 Å². The van der Waals surface area contributed by atoms with Gasteiger partial charge in [-0.15, -0.1) is 11.3 Å². The molecule has 2 heterocycles. The van der Waals surface area contributed by atoms with Crippen LogP contribution < -0.4 is 4.74 Å². The van der Waals surface area contributed by atoms with Gasteiger partial charge in [0.25, 0.3) is 5.89 Å². The summed E-state index contributed by atoms with van der Waals surface area (Å²) in [5.41, 5.74) is 0. The summed E-state index contributed by atoms with van der Waals surface area (Å²) >= 11 is 7.55. The van der Waals surface area contributed by atoms with Crippen molar-refractivity contribution in [3.8, 4) is 16.5 Å². The quantitative estimate of drug-likeness (QED) is 0.728. The maximum atomic E-state index is 5.99. The van der Waals surface area contributed by atoms with Crippen LogP contribution in [0.15, 0.2) is 46.3 Å². The van der Waals surface area contributed by atoms with E-state index in [1.165, 1.54) is 0 Å². The molecule has 0 bridgehead atoms. The lowest BCUT2D eigenvalue weighted by molar-refractivity contribution is 0.243. The second-order valence-corrected chi connectivity index (χ2v) is 5.06. The molecule has 96 valence electrons. The second kappa shape index (κ2) is 5.42. The molecule has 3 aromatic rings. The molecule has 1 aromatic carbocycles. The molecule has 0 aliphatic heterocycles. The molecular weight excluding hydrogens is 284 g/mol. The number of halogens is 1. The molecular formula is C13H9ClN2O2S. The molecule has 0 saturated heterocycles. The maximum absolute atomic E-state index is 5.99. The average molecular weight is 293 g/mol. The summed E-state index contributed by atoms with van der Waals surface area (Å²) in [4.78, 5) is 5.23. The van der Waals surface area contributed by atoms with Gasteiger partial charge < -0.3 is 9.26 Å². The normalized spacial score (nSPS) is 10.6. The fourth-order valence-corrected chi connectivity index (χ4v) is 2.36. The van der Waals surface area contributed by atoms with E-state index >= 15 is 0 Å². The van der Waals surface area contributed by atoms with Gasteiger partial charge in [0.2, 0.25) is 5.82 Å². The van der Waals surface area contributed by atoms with Crippen LogP contribution in [0.5, 0.6) is 5.75 Å². The number of nitrogens with zero attached hydrogens (tertiary/aromatic N) is 2. The Hall–Kier alpha value is -1.85. The molecule has 0 fully saturated rings. The molecule has 0 atom stereocenters. The number of benzene rings is 1. The summed E-state index contributed by atoms with van der Waals surface area (Å²) < 4.78 is 10.7. The number of hydrogen-bond donors (Lipinski definition) is 0. The number of rotatable bonds is 4. The SMILES string of the molecule is Clc1ccccc1OCc1nc(-c2cccs2)no1. The highest BCUT2D eigenvalue weighted by atomic mass is 35.5. The van der Waals surface area contributed by atoms with E-state index in [0.29, 0.717) is 22.5 Å². The maximum Gasteiger partial charge on any atom is 0.264 e. The summed E-state index contributed by atoms with van der Waals surface area (Å²) in [6.07, 6.45) is 0. The van der Waals surface area contributed by atoms with Crippen molar-refractivity contribution < 1.29 is 9.26 Å². The predicted octanol–water partition coefficient (Wildman–Crippen LogP) is 4.03. The van der Waals surface area contributed by atoms with Crippen molar-refractivity contribution in [1.82, 2.24) is 10.1 Å². The molecule has 6 heteroatoms. The van der Waals surface area contributed by atoms with Crippen molar-refractivity contribution in [3.63, 3.8) is 0 Å². The Kier molecular flexibility index (Phi) is 3.48. The lowest BCUT2D eigenvalue weighted by atomic mass is 10.3. The van der Waals surface area contributed by atoms with Crippen LogP contribution in [0.2, 0.25) is 5.02 Å². The summed E-state index contributed by atoms with van der Waals surface area (Å²) in [6, 6.07) is 11.1. The van der Waals surface area contributed by atoms with E-state index in [2.05, 4.69) is 10.1 Å². The third-order valence-electron chi connectivity index (χ3n) is 2.40. The topological polar surface area (TPSA) is 48.2 Å². The van der Waals surface area contributed by atoms with E-state index in [9.17, 15) is 0 Å². The molecule has 4 nitrogen and oxygen atoms in total. The first-order valence-electron chi connectivity index (χ1n) is 5.57. The fraction of sp³-hybridized carbons (Fsp3) is 0.0769. The van der Waals surface area contributed by atoms with Gasteiger partial charge >= 0.3 is 0 Å². The van der Waals surface area contributed by atoms with Crippen molar-refractivity contribution in [2.75, 3.05) is 0 Å². The minimum Gasteiger partial charge on any atom is -0.482 e. The Balaban J connectivity index is 1.70. The number of hydrogen-bond acceptors (Lipinski definition) is 5. The van der Waals surface area contributed by atoms with Gasteiger partial charge in [0, 0.05) is 0 Å². The average Bonchev–Trinajstić information content (AvgIpc) is 3.09. The van der Waals surface area contributed by atoms with E-state index in [4.69, 9.17) is 20.9 Å². The summed E-state index contributed by atoms with van der Waals surface area (Å²) in [6.45, 7) is 0.197. The first-order chi connectivity index (χ1) is 9.33. The zero-order valence-electron chi connectivity index (χ0n) is 9.75. The van der Waals surface area contributed by atoms with Crippen molar-refractivity contribution in [2.45, 2.75) is 6.61 Å². The van der Waals surface area contributed by atoms with Crippen molar-refractivity contribution in [2.24, 2.45) is 0 Å². The van der Waals surface area contributed by atoms with E-state index in [0.717, 1.165) is 4.88 Å². The molecule has 3 rings (SSSR count). The number of ether oxygens (including phenoxy) is 1. The molecule has 0 aliphatic rings. The first kappa shape index (κ1) is 12.2. The van der Waals surface area contributed by atoms with E-state index in [1.807, 2.05) is 29.6 Å². The van der Waals surface area contributed by atoms with Crippen molar-refractivity contribution >= 4 is 22.9 Å². The second-order valence-electron chi connectivity index (χ2n) is 3.71. The van der Waals surface area contributed by atoms with E-state index in [1.54, 1.807) is 23.5 Å². The Bertz CT molecular complexity index is 667. The Labute approximate surface area is 118 Å². The summed E-state index contributed by atoms with van der Waals surface area (Å²) in [5, 5.41) is 6.42. The minimum absolute atomic E-state index is 0.197. The van der Waals surface area contributed by atoms with E-state index in [-0.39, 0.29) is 6.61 Å². The van der Waals surface area contributed by atoms with Crippen molar-refractivity contribution in [3.05, 3.63) is 52.7 Å². The highest BCUT2D eigenvalue weighted by molar-refractivity contribution is 7.13. The van der Waals surface area contributed by atoms with Gasteiger partial charge in [0.15, 0.2) is 6.61 Å². The van der Waals surface area contributed by atoms with Crippen LogP contribution in [0.4, 0.5) is 0 Å². The van der Waals surface area contributed by atoms with Crippen LogP contribution in [0.25, 0.3) is 10.7 Å². The Morgan fingerprint density at radius 3 is 2.89 bits per heavy atom. The van der Waals surface area contributed by atoms with Gasteiger partial charge in [-0.05, 0) is 23.6 Å². The minimum atomic E-state index is 0.197. The zero-order valence-corrected chi connectivity index (χ0v) is 11.3. The van der Waals surface area contributed by atoms with Gasteiger partial charge in [0.1, 0.15) is 5.75 Å². The van der Waals surface area contributed by atoms with Crippen LogP contribution in [0, 0.1) is 0 Å². The van der Waals surface area contributed by atoms with Crippen LogP contribution in [-0.2, 0) is 6.61 Å². The Morgan fingerprint density at radius 2 is 2.11 bits per heavy atom. The van der Waals surface area contributed by atoms with Gasteiger partial charge in [-0.1, -0.05) is 35.0 Å². The lowest BCUT2D eigenvalue weighted by Crippen LogP contribution is -1.96. The highest BCUT2D eigenvalue weighted by Gasteiger charge is 2.10. The molecule has 0 amide bonds. The molecule has 0 spiro atoms. The third kappa shape index (κ3) is 2.77. The Morgan fingerprint density at radius 1 is 1.21 bits per heavy atom. The smallest absolute Gasteiger partial charge is 0.264 e.